The molecule has 7 nitrogen and oxygen atoms in total. The molecular weight excluding hydrogens is 282 g/mol. The summed E-state index contributed by atoms with van der Waals surface area (Å²) in [6.07, 6.45) is 3.28. The molecule has 0 fully saturated rings. The highest BCUT2D eigenvalue weighted by molar-refractivity contribution is 5.81. The van der Waals surface area contributed by atoms with Crippen LogP contribution < -0.4 is 11.3 Å². The molecule has 1 amide bonds. The number of nitrogens with zero attached hydrogens (tertiary/aromatic N) is 4. The van der Waals surface area contributed by atoms with E-state index in [0.717, 1.165) is 5.56 Å². The predicted molar refractivity (Wildman–Crippen MR) is 81.2 cm³/mol. The summed E-state index contributed by atoms with van der Waals surface area (Å²) in [5, 5.41) is 0. The van der Waals surface area contributed by atoms with Crippen LogP contribution in [0.25, 0.3) is 11.3 Å². The molecule has 2 aromatic heterocycles. The topological polar surface area (TPSA) is 94.1 Å². The van der Waals surface area contributed by atoms with Crippen molar-refractivity contribution < 1.29 is 4.79 Å². The molecule has 22 heavy (non-hydrogen) atoms. The first-order valence-electron chi connectivity index (χ1n) is 7.06. The summed E-state index contributed by atoms with van der Waals surface area (Å²) in [6.45, 7) is 1.63. The van der Waals surface area contributed by atoms with Gasteiger partial charge in [0.15, 0.2) is 0 Å². The monoisotopic (exact) mass is 299 g/mol. The maximum absolute atomic E-state index is 12.4. The first-order chi connectivity index (χ1) is 10.6. The molecule has 0 aromatic carbocycles. The minimum absolute atomic E-state index is 0.168. The van der Waals surface area contributed by atoms with Crippen molar-refractivity contribution in [1.29, 1.82) is 0 Å². The van der Waals surface area contributed by atoms with Crippen molar-refractivity contribution >= 4 is 5.91 Å². The highest BCUT2D eigenvalue weighted by Gasteiger charge is 2.28. The number of rotatable bonds is 2. The third-order valence-corrected chi connectivity index (χ3v) is 3.87. The summed E-state index contributed by atoms with van der Waals surface area (Å²) in [7, 11) is 1.90. The van der Waals surface area contributed by atoms with Crippen molar-refractivity contribution in [3.8, 4) is 11.3 Å². The van der Waals surface area contributed by atoms with E-state index in [4.69, 9.17) is 5.73 Å². The molecule has 0 spiro atoms. The van der Waals surface area contributed by atoms with Crippen molar-refractivity contribution in [2.24, 2.45) is 5.73 Å². The second-order valence-electron chi connectivity index (χ2n) is 5.44. The van der Waals surface area contributed by atoms with Crippen LogP contribution in [0.2, 0.25) is 0 Å². The molecule has 3 rings (SSSR count). The summed E-state index contributed by atoms with van der Waals surface area (Å²) < 4.78 is 1.55. The fourth-order valence-corrected chi connectivity index (χ4v) is 2.66. The molecule has 1 aliphatic heterocycles. The Morgan fingerprint density at radius 1 is 1.32 bits per heavy atom. The van der Waals surface area contributed by atoms with Gasteiger partial charge in [-0.2, -0.15) is 0 Å². The van der Waals surface area contributed by atoms with E-state index in [-0.39, 0.29) is 5.56 Å². The third-order valence-electron chi connectivity index (χ3n) is 3.87. The molecule has 0 saturated carbocycles. The third kappa shape index (κ3) is 2.62. The van der Waals surface area contributed by atoms with E-state index in [1.165, 1.54) is 6.07 Å². The van der Waals surface area contributed by atoms with Crippen LogP contribution in [0.1, 0.15) is 11.7 Å². The first kappa shape index (κ1) is 14.4. The molecule has 0 aliphatic carbocycles. The molecule has 1 atom stereocenters. The Morgan fingerprint density at radius 2 is 2.05 bits per heavy atom. The van der Waals surface area contributed by atoms with Crippen LogP contribution in [0.5, 0.6) is 0 Å². The quantitative estimate of drug-likeness (QED) is 0.830. The molecular formula is C15H17N5O2. The van der Waals surface area contributed by atoms with Crippen LogP contribution in [-0.2, 0) is 11.3 Å². The second kappa shape index (κ2) is 5.69. The largest absolute Gasteiger partial charge is 0.369 e. The van der Waals surface area contributed by atoms with Crippen LogP contribution in [0, 0.1) is 0 Å². The van der Waals surface area contributed by atoms with Crippen LogP contribution in [-0.4, -0.2) is 45.5 Å². The number of carbonyl (C=O) groups is 1. The summed E-state index contributed by atoms with van der Waals surface area (Å²) >= 11 is 0. The Balaban J connectivity index is 2.17. The van der Waals surface area contributed by atoms with Gasteiger partial charge in [0, 0.05) is 43.7 Å². The number of primary amides is 1. The van der Waals surface area contributed by atoms with Gasteiger partial charge in [0.2, 0.25) is 5.91 Å². The number of amides is 1. The van der Waals surface area contributed by atoms with E-state index < -0.39 is 11.8 Å². The Hall–Kier alpha value is -2.54. The van der Waals surface area contributed by atoms with Crippen molar-refractivity contribution in [3.63, 3.8) is 0 Å². The Kier molecular flexibility index (Phi) is 3.72. The minimum Gasteiger partial charge on any atom is -0.369 e. The fraction of sp³-hybridized carbons (Fsp3) is 0.333. The second-order valence-corrected chi connectivity index (χ2v) is 5.44. The van der Waals surface area contributed by atoms with Gasteiger partial charge in [0.1, 0.15) is 11.7 Å². The number of nitrogens with two attached hydrogens (primary N) is 1. The predicted octanol–water partition coefficient (Wildman–Crippen LogP) is -0.180. The first-order valence-corrected chi connectivity index (χ1v) is 7.06. The molecule has 114 valence electrons. The zero-order valence-electron chi connectivity index (χ0n) is 12.3. The molecule has 2 aromatic rings. The van der Waals surface area contributed by atoms with E-state index in [1.807, 2.05) is 11.9 Å². The zero-order chi connectivity index (χ0) is 15.7. The number of likely N-dealkylation sites (N-methyl/N-ethyl adjacent to an activating group) is 1. The van der Waals surface area contributed by atoms with E-state index in [0.29, 0.717) is 31.2 Å². The van der Waals surface area contributed by atoms with E-state index in [9.17, 15) is 9.59 Å². The van der Waals surface area contributed by atoms with Crippen molar-refractivity contribution in [2.75, 3.05) is 20.1 Å². The number of carbonyl (C=O) groups excluding carboxylic acids is 1. The van der Waals surface area contributed by atoms with Crippen LogP contribution >= 0.6 is 0 Å². The molecule has 1 unspecified atom stereocenters. The van der Waals surface area contributed by atoms with Crippen molar-refractivity contribution in [3.05, 3.63) is 46.8 Å². The van der Waals surface area contributed by atoms with Crippen LogP contribution in [0.4, 0.5) is 0 Å². The Labute approximate surface area is 127 Å². The highest BCUT2D eigenvalue weighted by atomic mass is 16.1. The van der Waals surface area contributed by atoms with Gasteiger partial charge >= 0.3 is 0 Å². The summed E-state index contributed by atoms with van der Waals surface area (Å²) in [4.78, 5) is 34.7. The van der Waals surface area contributed by atoms with Gasteiger partial charge in [-0.1, -0.05) is 0 Å². The lowest BCUT2D eigenvalue weighted by Gasteiger charge is -2.17. The zero-order valence-corrected chi connectivity index (χ0v) is 12.3. The van der Waals surface area contributed by atoms with Gasteiger partial charge in [0.05, 0.1) is 5.69 Å². The van der Waals surface area contributed by atoms with Gasteiger partial charge in [-0.25, -0.2) is 4.98 Å². The number of fused-ring (bicyclic) bond motifs is 1. The van der Waals surface area contributed by atoms with E-state index >= 15 is 0 Å². The minimum atomic E-state index is -0.595. The lowest BCUT2D eigenvalue weighted by molar-refractivity contribution is -0.119. The average molecular weight is 299 g/mol. The number of pyridine rings is 1. The molecule has 0 radical (unpaired) electrons. The SMILES string of the molecule is CN1CCn2c(nc(-c3ccncc3)cc2=O)C(C(N)=O)C1. The summed E-state index contributed by atoms with van der Waals surface area (Å²) in [5.74, 6) is -0.626. The lowest BCUT2D eigenvalue weighted by atomic mass is 10.1. The number of hydrogen-bond donors (Lipinski definition) is 1. The van der Waals surface area contributed by atoms with Gasteiger partial charge < -0.3 is 10.6 Å². The van der Waals surface area contributed by atoms with Gasteiger partial charge in [0.25, 0.3) is 5.56 Å². The Bertz CT molecular complexity index is 756. The van der Waals surface area contributed by atoms with Crippen molar-refractivity contribution in [2.45, 2.75) is 12.5 Å². The van der Waals surface area contributed by atoms with E-state index in [1.54, 1.807) is 29.1 Å². The number of hydrogen-bond acceptors (Lipinski definition) is 5. The maximum atomic E-state index is 12.4. The maximum Gasteiger partial charge on any atom is 0.254 e. The van der Waals surface area contributed by atoms with Crippen LogP contribution in [0.3, 0.4) is 0 Å². The molecule has 2 N–H and O–H groups in total. The Morgan fingerprint density at radius 3 is 2.73 bits per heavy atom. The molecule has 7 heteroatoms. The fourth-order valence-electron chi connectivity index (χ4n) is 2.66. The van der Waals surface area contributed by atoms with Gasteiger partial charge in [-0.3, -0.25) is 19.1 Å². The molecule has 1 aliphatic rings. The summed E-state index contributed by atoms with van der Waals surface area (Å²) in [6, 6.07) is 5.05. The summed E-state index contributed by atoms with van der Waals surface area (Å²) in [5.41, 5.74) is 6.68. The number of aromatic nitrogens is 3. The van der Waals surface area contributed by atoms with Crippen molar-refractivity contribution in [1.82, 2.24) is 19.4 Å². The van der Waals surface area contributed by atoms with Gasteiger partial charge in [-0.05, 0) is 19.2 Å². The smallest absolute Gasteiger partial charge is 0.254 e. The molecule has 0 bridgehead atoms. The van der Waals surface area contributed by atoms with Gasteiger partial charge in [-0.15, -0.1) is 0 Å². The molecule has 3 heterocycles. The van der Waals surface area contributed by atoms with Crippen LogP contribution in [0.15, 0.2) is 35.4 Å². The molecule has 0 saturated heterocycles. The van der Waals surface area contributed by atoms with E-state index in [2.05, 4.69) is 9.97 Å². The standard InChI is InChI=1S/C15H17N5O2/c1-19-6-7-20-13(21)8-12(10-2-4-17-5-3-10)18-15(20)11(9-19)14(16)22/h2-5,8,11H,6-7,9H2,1H3,(H2,16,22). The lowest BCUT2D eigenvalue weighted by Crippen LogP contribution is -2.33. The average Bonchev–Trinajstić information content (AvgIpc) is 2.68. The normalized spacial score (nSPS) is 18.5. The highest BCUT2D eigenvalue weighted by Crippen LogP contribution is 2.21.